The number of aryl methyl sites for hydroxylation is 2. The number of ether oxygens (including phenoxy) is 1. The zero-order valence-electron chi connectivity index (χ0n) is 19.0. The van der Waals surface area contributed by atoms with Crippen molar-refractivity contribution in [3.05, 3.63) is 51.1 Å². The van der Waals surface area contributed by atoms with E-state index in [9.17, 15) is 4.79 Å². The minimum absolute atomic E-state index is 0.0288. The molecule has 2 aliphatic rings. The second-order valence-corrected chi connectivity index (χ2v) is 9.38. The van der Waals surface area contributed by atoms with Gasteiger partial charge in [0.05, 0.1) is 24.2 Å². The Morgan fingerprint density at radius 2 is 2.00 bits per heavy atom. The largest absolute Gasteiger partial charge is 0.377 e. The van der Waals surface area contributed by atoms with Gasteiger partial charge in [-0.15, -0.1) is 5.10 Å². The Kier molecular flexibility index (Phi) is 6.06. The maximum absolute atomic E-state index is 13.0. The number of hydrogen-bond acceptors (Lipinski definition) is 6. The Morgan fingerprint density at radius 1 is 1.16 bits per heavy atom. The topological polar surface area (TPSA) is 88.9 Å². The van der Waals surface area contributed by atoms with Crippen molar-refractivity contribution in [3.63, 3.8) is 0 Å². The zero-order valence-corrected chi connectivity index (χ0v) is 19.0. The van der Waals surface area contributed by atoms with Gasteiger partial charge < -0.3 is 9.72 Å². The van der Waals surface area contributed by atoms with Crippen molar-refractivity contribution in [1.82, 2.24) is 30.1 Å². The highest BCUT2D eigenvalue weighted by Gasteiger charge is 2.25. The molecule has 8 heteroatoms. The molecule has 0 amide bonds. The van der Waals surface area contributed by atoms with Crippen LogP contribution in [0.25, 0.3) is 10.9 Å². The minimum Gasteiger partial charge on any atom is -0.377 e. The normalized spacial score (nSPS) is 19.5. The lowest BCUT2D eigenvalue weighted by molar-refractivity contribution is 0.0661. The number of H-pyrrole nitrogens is 1. The van der Waals surface area contributed by atoms with E-state index in [0.717, 1.165) is 66.7 Å². The molecule has 0 spiro atoms. The van der Waals surface area contributed by atoms with Crippen LogP contribution in [0.3, 0.4) is 0 Å². The molecule has 1 N–H and O–H groups in total. The SMILES string of the molecule is Cc1ccc2cc(CN(Cc3nnnn3C3CCCC3)C[C@H]3CCCO3)c(=O)[nH]c2c1C. The van der Waals surface area contributed by atoms with Crippen LogP contribution >= 0.6 is 0 Å². The molecule has 2 aromatic heterocycles. The molecule has 3 heterocycles. The summed E-state index contributed by atoms with van der Waals surface area (Å²) in [7, 11) is 0. The van der Waals surface area contributed by atoms with E-state index in [1.165, 1.54) is 18.4 Å². The van der Waals surface area contributed by atoms with Gasteiger partial charge in [-0.05, 0) is 72.5 Å². The van der Waals surface area contributed by atoms with Crippen molar-refractivity contribution in [2.24, 2.45) is 0 Å². The number of benzene rings is 1. The van der Waals surface area contributed by atoms with E-state index in [1.807, 2.05) is 10.7 Å². The van der Waals surface area contributed by atoms with Crippen LogP contribution in [0.5, 0.6) is 0 Å². The highest BCUT2D eigenvalue weighted by atomic mass is 16.5. The Morgan fingerprint density at radius 3 is 2.78 bits per heavy atom. The standard InChI is InChI=1S/C24H32N6O2/c1-16-9-10-18-12-19(24(31)25-23(18)17(16)2)13-29(14-21-8-5-11-32-21)15-22-26-27-28-30(22)20-6-3-4-7-20/h9-10,12,20-21H,3-8,11,13-15H2,1-2H3,(H,25,31)/t21-/m1/s1. The number of rotatable bonds is 7. The van der Waals surface area contributed by atoms with E-state index in [-0.39, 0.29) is 11.7 Å². The first-order chi connectivity index (χ1) is 15.6. The summed E-state index contributed by atoms with van der Waals surface area (Å²) in [6, 6.07) is 6.62. The molecular formula is C24H32N6O2. The van der Waals surface area contributed by atoms with Crippen LogP contribution < -0.4 is 5.56 Å². The van der Waals surface area contributed by atoms with Gasteiger partial charge in [-0.3, -0.25) is 9.69 Å². The van der Waals surface area contributed by atoms with Crippen molar-refractivity contribution >= 4 is 10.9 Å². The zero-order chi connectivity index (χ0) is 22.1. The van der Waals surface area contributed by atoms with E-state index in [1.54, 1.807) is 0 Å². The number of aromatic nitrogens is 5. The predicted molar refractivity (Wildman–Crippen MR) is 122 cm³/mol. The quantitative estimate of drug-likeness (QED) is 0.610. The van der Waals surface area contributed by atoms with E-state index >= 15 is 0 Å². The summed E-state index contributed by atoms with van der Waals surface area (Å²) in [6.45, 7) is 6.84. The first-order valence-electron chi connectivity index (χ1n) is 11.8. The number of aromatic amines is 1. The molecule has 1 saturated heterocycles. The van der Waals surface area contributed by atoms with E-state index in [2.05, 4.69) is 51.4 Å². The van der Waals surface area contributed by atoms with Gasteiger partial charge in [-0.25, -0.2) is 4.68 Å². The molecule has 0 bridgehead atoms. The van der Waals surface area contributed by atoms with Crippen molar-refractivity contribution < 1.29 is 4.74 Å². The molecule has 32 heavy (non-hydrogen) atoms. The number of nitrogens with one attached hydrogen (secondary N) is 1. The van der Waals surface area contributed by atoms with Crippen LogP contribution in [0.4, 0.5) is 0 Å². The smallest absolute Gasteiger partial charge is 0.252 e. The van der Waals surface area contributed by atoms with Gasteiger partial charge in [0, 0.05) is 25.3 Å². The van der Waals surface area contributed by atoms with Crippen molar-refractivity contribution in [1.29, 1.82) is 0 Å². The second-order valence-electron chi connectivity index (χ2n) is 9.38. The number of hydrogen-bond donors (Lipinski definition) is 1. The van der Waals surface area contributed by atoms with E-state index in [0.29, 0.717) is 19.1 Å². The second kappa shape index (κ2) is 9.11. The van der Waals surface area contributed by atoms with Crippen LogP contribution in [0, 0.1) is 13.8 Å². The molecule has 5 rings (SSSR count). The molecule has 1 atom stereocenters. The lowest BCUT2D eigenvalue weighted by Gasteiger charge is -2.25. The Bertz CT molecular complexity index is 1140. The first kappa shape index (κ1) is 21.3. The Hall–Kier alpha value is -2.58. The number of nitrogens with zero attached hydrogens (tertiary/aromatic N) is 5. The summed E-state index contributed by atoms with van der Waals surface area (Å²) in [6.07, 6.45) is 7.06. The molecule has 8 nitrogen and oxygen atoms in total. The molecule has 0 unspecified atom stereocenters. The first-order valence-corrected chi connectivity index (χ1v) is 11.8. The third kappa shape index (κ3) is 4.34. The van der Waals surface area contributed by atoms with Crippen LogP contribution in [-0.2, 0) is 17.8 Å². The maximum Gasteiger partial charge on any atom is 0.252 e. The van der Waals surface area contributed by atoms with Crippen LogP contribution in [0.2, 0.25) is 0 Å². The molecule has 1 aliphatic carbocycles. The highest BCUT2D eigenvalue weighted by Crippen LogP contribution is 2.29. The summed E-state index contributed by atoms with van der Waals surface area (Å²) < 4.78 is 7.92. The molecular weight excluding hydrogens is 404 g/mol. The van der Waals surface area contributed by atoms with Gasteiger partial charge in [0.15, 0.2) is 5.82 Å². The number of tetrazole rings is 1. The summed E-state index contributed by atoms with van der Waals surface area (Å²) >= 11 is 0. The monoisotopic (exact) mass is 436 g/mol. The Balaban J connectivity index is 1.42. The van der Waals surface area contributed by atoms with E-state index in [4.69, 9.17) is 4.74 Å². The van der Waals surface area contributed by atoms with Crippen LogP contribution in [-0.4, -0.2) is 49.3 Å². The highest BCUT2D eigenvalue weighted by molar-refractivity contribution is 5.83. The fourth-order valence-corrected chi connectivity index (χ4v) is 5.14. The van der Waals surface area contributed by atoms with Gasteiger partial charge in [0.25, 0.3) is 5.56 Å². The average Bonchev–Trinajstić information content (AvgIpc) is 3.55. The third-order valence-electron chi connectivity index (χ3n) is 7.10. The van der Waals surface area contributed by atoms with Gasteiger partial charge in [-0.1, -0.05) is 25.0 Å². The molecule has 1 aromatic carbocycles. The van der Waals surface area contributed by atoms with Crippen LogP contribution in [0.1, 0.15) is 67.1 Å². The van der Waals surface area contributed by atoms with Gasteiger partial charge >= 0.3 is 0 Å². The summed E-state index contributed by atoms with van der Waals surface area (Å²) in [5.41, 5.74) is 3.96. The van der Waals surface area contributed by atoms with Crippen molar-refractivity contribution in [2.45, 2.75) is 77.6 Å². The van der Waals surface area contributed by atoms with Gasteiger partial charge in [-0.2, -0.15) is 0 Å². The van der Waals surface area contributed by atoms with E-state index < -0.39 is 0 Å². The summed E-state index contributed by atoms with van der Waals surface area (Å²) in [5, 5.41) is 13.7. The van der Waals surface area contributed by atoms with Gasteiger partial charge in [0.2, 0.25) is 0 Å². The summed E-state index contributed by atoms with van der Waals surface area (Å²) in [4.78, 5) is 18.4. The molecule has 1 aliphatic heterocycles. The van der Waals surface area contributed by atoms with Gasteiger partial charge in [0.1, 0.15) is 0 Å². The molecule has 3 aromatic rings. The van der Waals surface area contributed by atoms with Crippen molar-refractivity contribution in [3.8, 4) is 0 Å². The molecule has 1 saturated carbocycles. The Labute approximate surface area is 188 Å². The minimum atomic E-state index is -0.0288. The van der Waals surface area contributed by atoms with Crippen LogP contribution in [0.15, 0.2) is 23.0 Å². The lowest BCUT2D eigenvalue weighted by Crippen LogP contribution is -2.34. The average molecular weight is 437 g/mol. The fourth-order valence-electron chi connectivity index (χ4n) is 5.14. The summed E-state index contributed by atoms with van der Waals surface area (Å²) in [5.74, 6) is 0.874. The third-order valence-corrected chi connectivity index (χ3v) is 7.10. The maximum atomic E-state index is 13.0. The van der Waals surface area contributed by atoms with Crippen molar-refractivity contribution in [2.75, 3.05) is 13.2 Å². The number of fused-ring (bicyclic) bond motifs is 1. The predicted octanol–water partition coefficient (Wildman–Crippen LogP) is 3.43. The molecule has 170 valence electrons. The molecule has 0 radical (unpaired) electrons. The number of pyridine rings is 1. The molecule has 2 fully saturated rings. The lowest BCUT2D eigenvalue weighted by atomic mass is 10.0. The fraction of sp³-hybridized carbons (Fsp3) is 0.583.